The summed E-state index contributed by atoms with van der Waals surface area (Å²) in [6.07, 6.45) is 6.93. The van der Waals surface area contributed by atoms with Crippen LogP contribution >= 0.6 is 55.4 Å². The maximum atomic E-state index is 13.4. The smallest absolute Gasteiger partial charge is 0.201 e. The predicted molar refractivity (Wildman–Crippen MR) is 217 cm³/mol. The van der Waals surface area contributed by atoms with E-state index in [4.69, 9.17) is 0 Å². The molecular weight excluding hydrogens is 816 g/mol. The summed E-state index contributed by atoms with van der Waals surface area (Å²) >= 11 is 10.5. The van der Waals surface area contributed by atoms with Crippen LogP contribution in [0.25, 0.3) is 0 Å². The Morgan fingerprint density at radius 1 is 0.423 bits per heavy atom. The molecule has 2 aromatic carbocycles. The number of hydrogen-bond donors (Lipinski definition) is 4. The second-order valence-corrected chi connectivity index (χ2v) is 16.9. The highest BCUT2D eigenvalue weighted by Gasteiger charge is 2.38. The van der Waals surface area contributed by atoms with Crippen molar-refractivity contribution in [3.8, 4) is 0 Å². The standard InChI is InChI=1S/C42H36Br2N4O2S2/c43-41-31-21-17-27(45-31)39-25-11-7-9-13-35(25)51-37(49)15-5-3-1-2-4-6-16-38(50)52-36-14-10-8-12-26(36)40(29-19-23-33(41)47-29)30-20-24-34(48-30)42(44)32-22-18-28(39)46-32/h7-14,17-24,45-48H,1-6,15-16H2/q+4. The Morgan fingerprint density at radius 2 is 0.731 bits per heavy atom. The zero-order chi connectivity index (χ0) is 35.6. The van der Waals surface area contributed by atoms with Crippen molar-refractivity contribution in [3.05, 3.63) is 175 Å². The molecule has 0 radical (unpaired) electrons. The molecule has 3 aliphatic rings. The van der Waals surface area contributed by atoms with Crippen molar-refractivity contribution in [2.75, 3.05) is 0 Å². The van der Waals surface area contributed by atoms with Crippen LogP contribution in [0.1, 0.15) is 108 Å². The van der Waals surface area contributed by atoms with Crippen LogP contribution in [0.4, 0.5) is 0 Å². The zero-order valence-corrected chi connectivity index (χ0v) is 33.1. The molecular formula is C42H36Br2N4O2S2+4. The number of aromatic amines is 4. The number of fused-ring (bicyclic) bond motifs is 11. The van der Waals surface area contributed by atoms with Crippen molar-refractivity contribution in [1.29, 1.82) is 0 Å². The maximum absolute atomic E-state index is 13.4. The van der Waals surface area contributed by atoms with Gasteiger partial charge in [0.2, 0.25) is 10.2 Å². The third-order valence-electron chi connectivity index (χ3n) is 9.54. The number of nitrogens with one attached hydrogen (secondary N) is 4. The normalized spacial score (nSPS) is 16.2. The summed E-state index contributed by atoms with van der Waals surface area (Å²) < 4.78 is 0. The third kappa shape index (κ3) is 7.31. The minimum absolute atomic E-state index is 0.169. The van der Waals surface area contributed by atoms with Gasteiger partial charge < -0.3 is 19.9 Å². The lowest BCUT2D eigenvalue weighted by molar-refractivity contribution is -0.111. The average molecular weight is 853 g/mol. The first-order valence-electron chi connectivity index (χ1n) is 17.6. The summed E-state index contributed by atoms with van der Waals surface area (Å²) in [6, 6.07) is 33.0. The van der Waals surface area contributed by atoms with Crippen LogP contribution in [-0.2, 0) is 9.59 Å². The molecule has 0 saturated heterocycles. The van der Waals surface area contributed by atoms with Gasteiger partial charge in [-0.25, -0.2) is 0 Å². The van der Waals surface area contributed by atoms with Crippen LogP contribution in [0.15, 0.2) is 107 Å². The number of carbonyl (C=O) groups excluding carboxylic acids is 2. The summed E-state index contributed by atoms with van der Waals surface area (Å²) in [5, 5.41) is 0.338. The van der Waals surface area contributed by atoms with E-state index in [1.807, 2.05) is 36.4 Å². The molecule has 4 aromatic heterocycles. The van der Waals surface area contributed by atoms with Gasteiger partial charge in [-0.1, -0.05) is 25.7 Å². The van der Waals surface area contributed by atoms with Crippen LogP contribution in [-0.4, -0.2) is 30.2 Å². The first kappa shape index (κ1) is 35.1. The van der Waals surface area contributed by atoms with E-state index in [0.29, 0.717) is 12.8 Å². The molecule has 6 aromatic rings. The van der Waals surface area contributed by atoms with Crippen LogP contribution < -0.4 is 0 Å². The van der Waals surface area contributed by atoms with Gasteiger partial charge in [-0.15, -0.1) is 0 Å². The minimum Gasteiger partial charge on any atom is -0.317 e. The highest BCUT2D eigenvalue weighted by Crippen LogP contribution is 2.43. The third-order valence-corrected chi connectivity index (χ3v) is 13.3. The molecule has 0 atom stereocenters. The molecule has 0 unspecified atom stereocenters. The predicted octanol–water partition coefficient (Wildman–Crippen LogP) is 11.4. The van der Waals surface area contributed by atoms with E-state index in [1.165, 1.54) is 23.5 Å². The lowest BCUT2D eigenvalue weighted by Crippen LogP contribution is -2.10. The van der Waals surface area contributed by atoms with E-state index in [-0.39, 0.29) is 10.2 Å². The largest absolute Gasteiger partial charge is 0.317 e. The molecule has 6 nitrogen and oxygen atoms in total. The molecule has 0 fully saturated rings. The number of halogens is 2. The van der Waals surface area contributed by atoms with Crippen molar-refractivity contribution in [2.24, 2.45) is 0 Å². The van der Waals surface area contributed by atoms with Gasteiger partial charge in [0.15, 0.2) is 32.4 Å². The Labute approximate surface area is 329 Å². The Kier molecular flexibility index (Phi) is 10.5. The highest BCUT2D eigenvalue weighted by atomic mass is 79.9. The molecule has 9 rings (SSSR count). The molecule has 10 heteroatoms. The molecule has 52 heavy (non-hydrogen) atoms. The quantitative estimate of drug-likeness (QED) is 0.114. The van der Waals surface area contributed by atoms with E-state index >= 15 is 0 Å². The molecule has 7 heterocycles. The Hall–Kier alpha value is -3.96. The number of H-pyrrole nitrogens is 4. The second kappa shape index (κ2) is 15.6. The SMILES string of the molecule is O=C1CCCCCCCCC(=O)Sc2ccccc2[C+]2c3ccc([nH]3)[C+](Br)c3ccc([nH]3)[C+](c3ccc([nH]3)[C+](Br)c3ccc2[nH]3)c2ccccc2S1. The number of carbonyl (C=O) groups is 2. The van der Waals surface area contributed by atoms with Crippen LogP contribution in [0.2, 0.25) is 0 Å². The Bertz CT molecular complexity index is 1960. The van der Waals surface area contributed by atoms with Gasteiger partial charge in [0.25, 0.3) is 0 Å². The summed E-state index contributed by atoms with van der Waals surface area (Å²) in [6.45, 7) is 0. The van der Waals surface area contributed by atoms with Crippen molar-refractivity contribution >= 4 is 65.6 Å². The van der Waals surface area contributed by atoms with Gasteiger partial charge in [-0.2, -0.15) is 0 Å². The topological polar surface area (TPSA) is 97.3 Å². The Balaban J connectivity index is 1.29. The van der Waals surface area contributed by atoms with E-state index in [1.54, 1.807) is 0 Å². The van der Waals surface area contributed by atoms with E-state index in [2.05, 4.69) is 112 Å². The number of aromatic nitrogens is 4. The molecule has 0 saturated carbocycles. The number of rotatable bonds is 0. The fourth-order valence-corrected chi connectivity index (χ4v) is 9.72. The first-order valence-corrected chi connectivity index (χ1v) is 20.8. The van der Waals surface area contributed by atoms with Gasteiger partial charge >= 0.3 is 0 Å². The monoisotopic (exact) mass is 850 g/mol. The number of thioether (sulfide) groups is 2. The molecule has 258 valence electrons. The van der Waals surface area contributed by atoms with Crippen molar-refractivity contribution in [2.45, 2.75) is 61.2 Å². The summed E-state index contributed by atoms with van der Waals surface area (Å²) in [5.74, 6) is 1.95. The summed E-state index contributed by atoms with van der Waals surface area (Å²) in [5.41, 5.74) is 9.28. The molecule has 0 aliphatic carbocycles. The van der Waals surface area contributed by atoms with Crippen molar-refractivity contribution < 1.29 is 9.59 Å². The molecule has 3 aliphatic heterocycles. The molecule has 0 spiro atoms. The fourth-order valence-electron chi connectivity index (χ4n) is 6.95. The second-order valence-electron chi connectivity index (χ2n) is 13.1. The summed E-state index contributed by atoms with van der Waals surface area (Å²) in [4.78, 5) is 45.1. The van der Waals surface area contributed by atoms with Crippen molar-refractivity contribution in [3.63, 3.8) is 0 Å². The van der Waals surface area contributed by atoms with Gasteiger partial charge in [-0.3, -0.25) is 9.59 Å². The van der Waals surface area contributed by atoms with Gasteiger partial charge in [0, 0.05) is 56.8 Å². The zero-order valence-electron chi connectivity index (χ0n) is 28.3. The fraction of sp³-hybridized carbons (Fsp3) is 0.190. The van der Waals surface area contributed by atoms with Crippen LogP contribution in [0.5, 0.6) is 0 Å². The molecule has 10 bridgehead atoms. The van der Waals surface area contributed by atoms with E-state index in [0.717, 1.165) is 126 Å². The van der Waals surface area contributed by atoms with E-state index in [9.17, 15) is 9.59 Å². The van der Waals surface area contributed by atoms with Crippen LogP contribution in [0.3, 0.4) is 0 Å². The Morgan fingerprint density at radius 3 is 1.10 bits per heavy atom. The molecule has 0 amide bonds. The average Bonchev–Trinajstić information content (AvgIpc) is 3.99. The van der Waals surface area contributed by atoms with Gasteiger partial charge in [-0.05, 0) is 72.8 Å². The van der Waals surface area contributed by atoms with Gasteiger partial charge in [0.1, 0.15) is 34.6 Å². The number of hydrogen-bond acceptors (Lipinski definition) is 4. The lowest BCUT2D eigenvalue weighted by Gasteiger charge is -2.13. The van der Waals surface area contributed by atoms with Crippen LogP contribution in [0, 0.1) is 21.5 Å². The van der Waals surface area contributed by atoms with Crippen molar-refractivity contribution in [1.82, 2.24) is 19.9 Å². The molecule has 4 N–H and O–H groups in total. The van der Waals surface area contributed by atoms with E-state index < -0.39 is 0 Å². The minimum atomic E-state index is 0.169. The van der Waals surface area contributed by atoms with Gasteiger partial charge in [0.05, 0.1) is 69.4 Å². The first-order chi connectivity index (χ1) is 25.4. The highest BCUT2D eigenvalue weighted by molar-refractivity contribution is 9.11. The summed E-state index contributed by atoms with van der Waals surface area (Å²) in [7, 11) is 0. The lowest BCUT2D eigenvalue weighted by atomic mass is 9.92. The maximum Gasteiger partial charge on any atom is 0.201 e. The number of benzene rings is 2.